The van der Waals surface area contributed by atoms with Crippen molar-refractivity contribution in [3.05, 3.63) is 0 Å². The maximum atomic E-state index is 13.4. The van der Waals surface area contributed by atoms with Crippen LogP contribution in [0.15, 0.2) is 0 Å². The zero-order valence-corrected chi connectivity index (χ0v) is 57.6. The fourth-order valence-electron chi connectivity index (χ4n) is 14.0. The Morgan fingerprint density at radius 1 is 0.342 bits per heavy atom. The third kappa shape index (κ3) is 19.2. The summed E-state index contributed by atoms with van der Waals surface area (Å²) in [6.07, 6.45) is -111. The van der Waals surface area contributed by atoms with Crippen molar-refractivity contribution in [3.8, 4) is 0 Å². The van der Waals surface area contributed by atoms with Gasteiger partial charge in [-0.1, -0.05) is 0 Å². The van der Waals surface area contributed by atoms with E-state index in [-0.39, 0.29) is 0 Å². The van der Waals surface area contributed by atoms with Gasteiger partial charge in [0.2, 0.25) is 0 Å². The van der Waals surface area contributed by atoms with Gasteiger partial charge in [0.25, 0.3) is 5.79 Å². The van der Waals surface area contributed by atoms with Crippen LogP contribution in [0.3, 0.4) is 0 Å². The predicted octanol–water partition coefficient (Wildman–Crippen LogP) is -22.6. The van der Waals surface area contributed by atoms with Crippen LogP contribution < -0.4 is 5.73 Å². The summed E-state index contributed by atoms with van der Waals surface area (Å²) in [7, 11) is 0. The Balaban J connectivity index is 1.14. The molecule has 18 unspecified atom stereocenters. The fraction of sp³-hybridized carbons (Fsp3) is 0.966. The zero-order valence-electron chi connectivity index (χ0n) is 57.6. The van der Waals surface area contributed by atoms with E-state index in [4.69, 9.17) is 86.3 Å². The summed E-state index contributed by atoms with van der Waals surface area (Å²) in [4.78, 5) is 25.7. The molecule has 9 rings (SSSR count). The van der Waals surface area contributed by atoms with Crippen molar-refractivity contribution in [1.29, 1.82) is 0 Å². The first-order valence-electron chi connectivity index (χ1n) is 34.6. The van der Waals surface area contributed by atoms with Gasteiger partial charge in [0, 0.05) is 6.42 Å². The first-order valence-corrected chi connectivity index (χ1v) is 34.6. The number of rotatable bonds is 30. The number of carboxylic acid groups (broad SMARTS) is 2. The highest BCUT2D eigenvalue weighted by Gasteiger charge is 2.64. The largest absolute Gasteiger partial charge is 0.479 e. The molecule has 9 heterocycles. The van der Waals surface area contributed by atoms with Crippen molar-refractivity contribution in [1.82, 2.24) is 0 Å². The van der Waals surface area contributed by atoms with E-state index < -0.39 is 365 Å². The van der Waals surface area contributed by atoms with Gasteiger partial charge in [0.15, 0.2) is 56.4 Å². The second-order valence-electron chi connectivity index (χ2n) is 27.8. The molecule has 9 aliphatic rings. The highest BCUT2D eigenvalue weighted by molar-refractivity contribution is 5.75. The predicted molar refractivity (Wildman–Crippen MR) is 329 cm³/mol. The standard InChI is InChI=1S/C59H99NO51/c60-19-23(76)42(104-52-31(84)24(77)20(73)15(5-64)96-52)18(8-67)99-50(19)105-43-29(82)34(87)55(109-47(43)49(90)91)106-44-35(88)38(14(72)9-95-51-30(83)27(80)28(81)37(100-51)11(69)2-61)101-57(48(44)110-54-33(86)26(79)22(75)17(7-66)98-54)107-45-36(89)56(102-39-10(68)1-59(94,58(92)93)111-41(39)13(71)4-63)103-40(12(70)3-62)46(45)108-53-32(85)25(78)21(74)16(6-65)97-53/h10-48,50-57,61-89,94H,1-9,60H2,(H,90,91)(H,92,93)/t10-,11?,12?,13-,14?,15-,16-,17-,18-,19-,20+,21+,22-,23-,24+,25+,26+,27?,28?,29-,30?,31+,32-,33-,34-,35?,36?,37?,38?,39-,40?,41-,42-,43+,44?,45?,46?,47+,48?,50-,51?,52+,53+,54+,55+,56?,57?,59-/m1/s1. The highest BCUT2D eigenvalue weighted by Crippen LogP contribution is 2.43. The van der Waals surface area contributed by atoms with E-state index in [1.54, 1.807) is 0 Å². The summed E-state index contributed by atoms with van der Waals surface area (Å²) in [5, 5.41) is 351. The molecule has 52 nitrogen and oxygen atoms in total. The van der Waals surface area contributed by atoms with Crippen LogP contribution in [0.5, 0.6) is 0 Å². The van der Waals surface area contributed by atoms with Crippen LogP contribution in [0.25, 0.3) is 0 Å². The van der Waals surface area contributed by atoms with Gasteiger partial charge >= 0.3 is 11.9 Å². The molecular formula is C59H99NO51. The minimum atomic E-state index is -3.39. The molecule has 52 heteroatoms. The Kier molecular flexibility index (Phi) is 32.1. The SMILES string of the molecule is N[C@H]1[C@@H](O[C@H]2[C@H](O)[C@@H](O)[C@@H](OC3C(O)C(C(O)COC4OC(C(O)CO)C(O)C(O)C4O)OC(OC4C(O)C(O[C@H]5[C@@H]([C@H](O)CO)O[C@@](O)(C(=O)O)C[C@H]5O)OC(C(O)CO)C4O[C@@H]4O[C@H](CO)[C@H](O)[C@H](O)[C@H]4O)C3O[C@@H]3O[C@H](CO)[C@@H](O)[C@H](O)[C@H]3O)O[C@@H]2C(=O)O)O[C@H](CO)[C@@H](O[C@@H]2O[C@H](CO)[C@H](O)[C@H](O)[C@@H]2O)[C@@H]1O. The molecule has 0 aliphatic carbocycles. The number of carbonyl (C=O) groups is 2. The number of aliphatic hydroxyl groups is 30. The van der Waals surface area contributed by atoms with Gasteiger partial charge < -0.3 is 250 Å². The molecule has 0 aromatic heterocycles. The first-order chi connectivity index (χ1) is 52.3. The molecule has 9 aliphatic heterocycles. The summed E-state index contributed by atoms with van der Waals surface area (Å²) in [6, 6.07) is -2.00. The van der Waals surface area contributed by atoms with E-state index >= 15 is 0 Å². The summed E-state index contributed by atoms with van der Waals surface area (Å²) >= 11 is 0. The lowest BCUT2D eigenvalue weighted by Gasteiger charge is -2.53. The molecule has 0 radical (unpaired) electrons. The van der Waals surface area contributed by atoms with Crippen LogP contribution in [0.4, 0.5) is 0 Å². The topological polar surface area (TPSA) is 864 Å². The van der Waals surface area contributed by atoms with Crippen LogP contribution in [0.2, 0.25) is 0 Å². The number of ether oxygens (including phenoxy) is 17. The van der Waals surface area contributed by atoms with Gasteiger partial charge in [-0.15, -0.1) is 0 Å². The van der Waals surface area contributed by atoms with E-state index in [0.717, 1.165) is 0 Å². The monoisotopic (exact) mass is 1640 g/mol. The van der Waals surface area contributed by atoms with Gasteiger partial charge in [-0.05, 0) is 0 Å². The van der Waals surface area contributed by atoms with E-state index in [2.05, 4.69) is 0 Å². The molecule has 646 valence electrons. The van der Waals surface area contributed by atoms with E-state index in [0.29, 0.717) is 0 Å². The normalized spacial score (nSPS) is 50.6. The lowest BCUT2D eigenvalue weighted by atomic mass is 9.91. The summed E-state index contributed by atoms with van der Waals surface area (Å²) in [5.74, 6) is -7.74. The van der Waals surface area contributed by atoms with Crippen LogP contribution in [-0.2, 0) is 90.1 Å². The lowest BCUT2D eigenvalue weighted by Crippen LogP contribution is -2.71. The average Bonchev–Trinajstić information content (AvgIpc) is 0.752. The van der Waals surface area contributed by atoms with Crippen LogP contribution in [0, 0.1) is 0 Å². The number of nitrogens with two attached hydrogens (primary N) is 1. The average molecular weight is 1640 g/mol. The molecule has 0 saturated carbocycles. The van der Waals surface area contributed by atoms with Gasteiger partial charge in [0.1, 0.15) is 220 Å². The lowest BCUT2D eigenvalue weighted by molar-refractivity contribution is -0.423. The van der Waals surface area contributed by atoms with Gasteiger partial charge in [-0.2, -0.15) is 0 Å². The Morgan fingerprint density at radius 2 is 0.712 bits per heavy atom. The third-order valence-electron chi connectivity index (χ3n) is 20.4. The number of hydrogen-bond donors (Lipinski definition) is 33. The molecule has 9 fully saturated rings. The van der Waals surface area contributed by atoms with Crippen LogP contribution >= 0.6 is 0 Å². The number of aliphatic carboxylic acids is 2. The molecule has 9 saturated heterocycles. The summed E-state index contributed by atoms with van der Waals surface area (Å²) in [6.45, 7) is -10.0. The smallest absolute Gasteiger partial charge is 0.364 e. The Hall–Kier alpha value is -2.98. The van der Waals surface area contributed by atoms with Gasteiger partial charge in [-0.25, -0.2) is 9.59 Å². The van der Waals surface area contributed by atoms with Crippen LogP contribution in [0.1, 0.15) is 6.42 Å². The molecule has 0 amide bonds. The van der Waals surface area contributed by atoms with Crippen molar-refractivity contribution in [2.24, 2.45) is 5.73 Å². The third-order valence-corrected chi connectivity index (χ3v) is 20.4. The summed E-state index contributed by atoms with van der Waals surface area (Å²) in [5.41, 5.74) is 6.29. The zero-order chi connectivity index (χ0) is 82.2. The van der Waals surface area contributed by atoms with Crippen molar-refractivity contribution >= 4 is 11.9 Å². The van der Waals surface area contributed by atoms with Gasteiger partial charge in [0.05, 0.1) is 65.0 Å². The molecule has 0 bridgehead atoms. The Bertz CT molecular complexity index is 2890. The minimum absolute atomic E-state index is 0.954. The molecule has 0 spiro atoms. The Morgan fingerprint density at radius 3 is 1.21 bits per heavy atom. The highest BCUT2D eigenvalue weighted by atomic mass is 16.8. The second-order valence-corrected chi connectivity index (χ2v) is 27.8. The van der Waals surface area contributed by atoms with E-state index in [9.17, 15) is 173 Å². The minimum Gasteiger partial charge on any atom is -0.479 e. The Labute approximate surface area is 623 Å². The van der Waals surface area contributed by atoms with Crippen molar-refractivity contribution < 1.29 is 254 Å². The number of hydrogen-bond acceptors (Lipinski definition) is 50. The van der Waals surface area contributed by atoms with E-state index in [1.165, 1.54) is 0 Å². The number of carboxylic acids is 2. The molecule has 48 atom stereocenters. The maximum absolute atomic E-state index is 13.4. The van der Waals surface area contributed by atoms with Crippen molar-refractivity contribution in [2.75, 3.05) is 52.9 Å². The fourth-order valence-corrected chi connectivity index (χ4v) is 14.0. The second kappa shape index (κ2) is 38.8. The molecule has 0 aromatic carbocycles. The molecular weight excluding hydrogens is 1540 g/mol. The van der Waals surface area contributed by atoms with Crippen LogP contribution in [-0.4, -0.2) is 522 Å². The molecule has 0 aromatic rings. The molecule has 111 heavy (non-hydrogen) atoms. The summed E-state index contributed by atoms with van der Waals surface area (Å²) < 4.78 is 98.1. The van der Waals surface area contributed by atoms with E-state index in [1.807, 2.05) is 0 Å². The quantitative estimate of drug-likeness (QED) is 0.0318. The number of aliphatic hydroxyl groups excluding tert-OH is 29. The maximum Gasteiger partial charge on any atom is 0.364 e. The molecule has 34 N–H and O–H groups in total. The van der Waals surface area contributed by atoms with Crippen molar-refractivity contribution in [2.45, 2.75) is 301 Å². The van der Waals surface area contributed by atoms with Crippen molar-refractivity contribution in [3.63, 3.8) is 0 Å². The first kappa shape index (κ1) is 91.9. The van der Waals surface area contributed by atoms with Gasteiger partial charge in [-0.3, -0.25) is 0 Å².